The van der Waals surface area contributed by atoms with Crippen LogP contribution in [0.1, 0.15) is 36.3 Å². The van der Waals surface area contributed by atoms with E-state index in [9.17, 15) is 0 Å². The van der Waals surface area contributed by atoms with Crippen molar-refractivity contribution in [3.05, 3.63) is 50.5 Å². The Morgan fingerprint density at radius 3 is 3.05 bits per heavy atom. The summed E-state index contributed by atoms with van der Waals surface area (Å²) in [5.41, 5.74) is 2.29. The third kappa shape index (κ3) is 2.40. The van der Waals surface area contributed by atoms with E-state index >= 15 is 0 Å². The molecule has 0 saturated carbocycles. The molecule has 20 heavy (non-hydrogen) atoms. The molecule has 3 nitrogen and oxygen atoms in total. The lowest BCUT2D eigenvalue weighted by Gasteiger charge is -2.12. The molecule has 1 aromatic heterocycles. The number of nitrogens with one attached hydrogen (secondary N) is 1. The first-order valence-corrected chi connectivity index (χ1v) is 7.91. The van der Waals surface area contributed by atoms with Crippen molar-refractivity contribution < 1.29 is 4.74 Å². The number of fused-ring (bicyclic) bond motifs is 1. The molecule has 5 heteroatoms. The van der Waals surface area contributed by atoms with E-state index in [1.54, 1.807) is 0 Å². The molecule has 1 atom stereocenters. The first-order valence-electron chi connectivity index (χ1n) is 6.71. The maximum Gasteiger partial charge on any atom is 0.144 e. The number of aromatic nitrogens is 2. The Hall–Kier alpha value is -1.20. The average molecular weight is 351 g/mol. The van der Waals surface area contributed by atoms with Crippen molar-refractivity contribution >= 4 is 28.1 Å². The summed E-state index contributed by atoms with van der Waals surface area (Å²) in [6, 6.07) is 8.10. The number of nitrogens with zero attached hydrogens (tertiary/aromatic N) is 1. The first-order chi connectivity index (χ1) is 9.70. The monoisotopic (exact) mass is 350 g/mol. The molecule has 0 fully saturated rings. The van der Waals surface area contributed by atoms with Gasteiger partial charge in [0.2, 0.25) is 0 Å². The number of aromatic amines is 1. The fraction of sp³-hybridized carbons (Fsp3) is 0.333. The Bertz CT molecular complexity index is 699. The van der Waals surface area contributed by atoms with Gasteiger partial charge in [-0.25, -0.2) is 4.98 Å². The lowest BCUT2D eigenvalue weighted by atomic mass is 10.0. The highest BCUT2D eigenvalue weighted by molar-refractivity contribution is 9.10. The van der Waals surface area contributed by atoms with Crippen molar-refractivity contribution in [2.24, 2.45) is 0 Å². The molecule has 1 N–H and O–H groups in total. The predicted molar refractivity (Wildman–Crippen MR) is 84.9 cm³/mol. The Morgan fingerprint density at radius 2 is 2.25 bits per heavy atom. The van der Waals surface area contributed by atoms with Gasteiger partial charge in [0.05, 0.1) is 10.4 Å². The molecule has 0 saturated heterocycles. The lowest BCUT2D eigenvalue weighted by Crippen LogP contribution is -2.10. The van der Waals surface area contributed by atoms with Gasteiger partial charge in [-0.1, -0.05) is 43.8 Å². The zero-order valence-electron chi connectivity index (χ0n) is 11.1. The molecule has 0 bridgehead atoms. The fourth-order valence-electron chi connectivity index (χ4n) is 2.50. The highest BCUT2D eigenvalue weighted by Crippen LogP contribution is 2.36. The molecule has 104 valence electrons. The first kappa shape index (κ1) is 13.8. The quantitative estimate of drug-likeness (QED) is 0.834. The molecule has 2 heterocycles. The number of hydrogen-bond acceptors (Lipinski definition) is 3. The van der Waals surface area contributed by atoms with Gasteiger partial charge >= 0.3 is 0 Å². The standard InChI is InChI=1S/C15H15BrN2OS/c1-2-5-11-13(16)15(20)18-14(17-11)10-8-19-12-7-4-3-6-9(10)12/h3-4,6-7,10H,2,5,8H2,1H3,(H,17,18,20). The number of halogens is 1. The van der Waals surface area contributed by atoms with Gasteiger partial charge in [0, 0.05) is 11.3 Å². The smallest absolute Gasteiger partial charge is 0.144 e. The Kier molecular flexibility index (Phi) is 3.89. The summed E-state index contributed by atoms with van der Waals surface area (Å²) in [5, 5.41) is 0. The van der Waals surface area contributed by atoms with Gasteiger partial charge in [-0.15, -0.1) is 0 Å². The van der Waals surface area contributed by atoms with Crippen LogP contribution in [0.3, 0.4) is 0 Å². The van der Waals surface area contributed by atoms with Crippen molar-refractivity contribution in [3.63, 3.8) is 0 Å². The number of H-pyrrole nitrogens is 1. The third-order valence-electron chi connectivity index (χ3n) is 3.48. The lowest BCUT2D eigenvalue weighted by molar-refractivity contribution is 0.339. The van der Waals surface area contributed by atoms with E-state index < -0.39 is 0 Å². The Morgan fingerprint density at radius 1 is 1.45 bits per heavy atom. The van der Waals surface area contributed by atoms with Crippen LogP contribution in [0.5, 0.6) is 5.75 Å². The van der Waals surface area contributed by atoms with Crippen LogP contribution in [0.25, 0.3) is 0 Å². The number of benzene rings is 1. The molecule has 0 radical (unpaired) electrons. The summed E-state index contributed by atoms with van der Waals surface area (Å²) >= 11 is 8.88. The zero-order valence-corrected chi connectivity index (χ0v) is 13.6. The van der Waals surface area contributed by atoms with Gasteiger partial charge in [-0.3, -0.25) is 0 Å². The van der Waals surface area contributed by atoms with E-state index in [0.717, 1.165) is 34.6 Å². The zero-order chi connectivity index (χ0) is 14.1. The highest BCUT2D eigenvalue weighted by atomic mass is 79.9. The van der Waals surface area contributed by atoms with Gasteiger partial charge in [-0.2, -0.15) is 0 Å². The number of ether oxygens (including phenoxy) is 1. The second kappa shape index (κ2) is 5.66. The van der Waals surface area contributed by atoms with Crippen molar-refractivity contribution in [2.75, 3.05) is 6.61 Å². The normalized spacial score (nSPS) is 16.8. The van der Waals surface area contributed by atoms with Crippen LogP contribution in [0.15, 0.2) is 28.7 Å². The summed E-state index contributed by atoms with van der Waals surface area (Å²) in [4.78, 5) is 7.96. The second-order valence-corrected chi connectivity index (χ2v) is 6.05. The van der Waals surface area contributed by atoms with Crippen LogP contribution in [0.2, 0.25) is 0 Å². The molecule has 1 aliphatic heterocycles. The molecular weight excluding hydrogens is 336 g/mol. The van der Waals surface area contributed by atoms with Gasteiger partial charge in [0.25, 0.3) is 0 Å². The summed E-state index contributed by atoms with van der Waals surface area (Å²) in [6.45, 7) is 2.77. The highest BCUT2D eigenvalue weighted by Gasteiger charge is 2.27. The van der Waals surface area contributed by atoms with Gasteiger partial charge in [-0.05, 0) is 28.4 Å². The van der Waals surface area contributed by atoms with E-state index in [4.69, 9.17) is 17.0 Å². The van der Waals surface area contributed by atoms with Crippen LogP contribution in [0.4, 0.5) is 0 Å². The summed E-state index contributed by atoms with van der Waals surface area (Å²) in [7, 11) is 0. The molecule has 0 spiro atoms. The molecular formula is C15H15BrN2OS. The number of aryl methyl sites for hydroxylation is 1. The van der Waals surface area contributed by atoms with E-state index in [2.05, 4.69) is 38.9 Å². The SMILES string of the molecule is CCCc1[nH]c(C2COc3ccccc32)nc(=S)c1Br. The molecule has 0 amide bonds. The van der Waals surface area contributed by atoms with Crippen LogP contribution >= 0.6 is 28.1 Å². The van der Waals surface area contributed by atoms with Crippen LogP contribution in [0, 0.1) is 4.64 Å². The van der Waals surface area contributed by atoms with Gasteiger partial charge in [0.1, 0.15) is 22.8 Å². The number of para-hydroxylation sites is 1. The molecule has 3 rings (SSSR count). The minimum absolute atomic E-state index is 0.136. The van der Waals surface area contributed by atoms with Crippen LogP contribution in [-0.2, 0) is 6.42 Å². The molecule has 1 unspecified atom stereocenters. The maximum atomic E-state index is 5.73. The van der Waals surface area contributed by atoms with Crippen molar-refractivity contribution in [1.29, 1.82) is 0 Å². The number of hydrogen-bond donors (Lipinski definition) is 1. The van der Waals surface area contributed by atoms with Crippen LogP contribution < -0.4 is 4.74 Å². The minimum atomic E-state index is 0.136. The average Bonchev–Trinajstić information content (AvgIpc) is 2.88. The van der Waals surface area contributed by atoms with Crippen molar-refractivity contribution in [3.8, 4) is 5.75 Å². The summed E-state index contributed by atoms with van der Waals surface area (Å²) in [6.07, 6.45) is 2.01. The Balaban J connectivity index is 2.06. The molecule has 1 aromatic carbocycles. The fourth-order valence-corrected chi connectivity index (χ4v) is 3.11. The third-order valence-corrected chi connectivity index (χ3v) is 4.90. The van der Waals surface area contributed by atoms with Gasteiger partial charge in [0.15, 0.2) is 0 Å². The summed E-state index contributed by atoms with van der Waals surface area (Å²) < 4.78 is 7.25. The second-order valence-electron chi connectivity index (χ2n) is 4.87. The Labute approximate surface area is 131 Å². The van der Waals surface area contributed by atoms with E-state index in [-0.39, 0.29) is 5.92 Å². The maximum absolute atomic E-state index is 5.73. The van der Waals surface area contributed by atoms with Crippen LogP contribution in [-0.4, -0.2) is 16.6 Å². The van der Waals surface area contributed by atoms with E-state index in [1.807, 2.05) is 18.2 Å². The minimum Gasteiger partial charge on any atom is -0.492 e. The predicted octanol–water partition coefficient (Wildman–Crippen LogP) is 4.38. The van der Waals surface area contributed by atoms with Gasteiger partial charge < -0.3 is 9.72 Å². The van der Waals surface area contributed by atoms with Crippen molar-refractivity contribution in [2.45, 2.75) is 25.7 Å². The summed E-state index contributed by atoms with van der Waals surface area (Å²) in [5.74, 6) is 1.97. The van der Waals surface area contributed by atoms with Crippen molar-refractivity contribution in [1.82, 2.24) is 9.97 Å². The molecule has 1 aliphatic rings. The topological polar surface area (TPSA) is 37.9 Å². The molecule has 0 aliphatic carbocycles. The largest absolute Gasteiger partial charge is 0.492 e. The van der Waals surface area contributed by atoms with E-state index in [1.165, 1.54) is 5.56 Å². The van der Waals surface area contributed by atoms with E-state index in [0.29, 0.717) is 11.2 Å². The molecule has 2 aromatic rings. The number of rotatable bonds is 3.